The van der Waals surface area contributed by atoms with Crippen LogP contribution in [0.25, 0.3) is 0 Å². The normalized spacial score (nSPS) is 12.3. The molecule has 0 heterocycles. The smallest absolute Gasteiger partial charge is 0.237 e. The number of carbonyl (C=O) groups is 1. The van der Waals surface area contributed by atoms with Crippen LogP contribution in [0.1, 0.15) is 42.0 Å². The molecule has 18 heavy (non-hydrogen) atoms. The fourth-order valence-electron chi connectivity index (χ4n) is 2.24. The van der Waals surface area contributed by atoms with E-state index in [-0.39, 0.29) is 11.9 Å². The van der Waals surface area contributed by atoms with Crippen LogP contribution in [0.4, 0.5) is 0 Å². The molecule has 1 atom stereocenters. The molecular weight excluding hydrogens is 224 g/mol. The maximum Gasteiger partial charge on any atom is 0.237 e. The number of amides is 1. The minimum absolute atomic E-state index is 0.0591. The van der Waals surface area contributed by atoms with Crippen LogP contribution in [0.2, 0.25) is 0 Å². The lowest BCUT2D eigenvalue weighted by atomic mass is 10.00. The minimum atomic E-state index is -0.388. The van der Waals surface area contributed by atoms with E-state index in [2.05, 4.69) is 38.2 Å². The van der Waals surface area contributed by atoms with Crippen molar-refractivity contribution in [2.24, 2.45) is 5.73 Å². The molecule has 1 rings (SSSR count). The topological polar surface area (TPSA) is 55.1 Å². The number of nitrogens with one attached hydrogen (secondary N) is 1. The Morgan fingerprint density at radius 3 is 2.33 bits per heavy atom. The molecule has 3 heteroatoms. The molecule has 0 radical (unpaired) electrons. The summed E-state index contributed by atoms with van der Waals surface area (Å²) in [5.41, 5.74) is 10.7. The van der Waals surface area contributed by atoms with E-state index in [0.29, 0.717) is 6.54 Å². The van der Waals surface area contributed by atoms with Crippen molar-refractivity contribution in [1.29, 1.82) is 0 Å². The molecule has 0 saturated heterocycles. The van der Waals surface area contributed by atoms with E-state index in [4.69, 9.17) is 5.73 Å². The van der Waals surface area contributed by atoms with E-state index in [9.17, 15) is 4.79 Å². The van der Waals surface area contributed by atoms with Crippen molar-refractivity contribution >= 4 is 5.91 Å². The lowest BCUT2D eigenvalue weighted by Gasteiger charge is -2.15. The van der Waals surface area contributed by atoms with Crippen molar-refractivity contribution in [2.75, 3.05) is 0 Å². The average molecular weight is 248 g/mol. The van der Waals surface area contributed by atoms with Crippen molar-refractivity contribution < 1.29 is 4.79 Å². The van der Waals surface area contributed by atoms with Gasteiger partial charge < -0.3 is 11.1 Å². The molecule has 3 nitrogen and oxygen atoms in total. The van der Waals surface area contributed by atoms with Crippen LogP contribution >= 0.6 is 0 Å². The number of benzene rings is 1. The lowest BCUT2D eigenvalue weighted by molar-refractivity contribution is -0.122. The molecule has 0 saturated carbocycles. The van der Waals surface area contributed by atoms with E-state index in [0.717, 1.165) is 12.8 Å². The van der Waals surface area contributed by atoms with Gasteiger partial charge in [-0.1, -0.05) is 31.0 Å². The quantitative estimate of drug-likeness (QED) is 0.840. The highest BCUT2D eigenvalue weighted by atomic mass is 16.2. The molecule has 0 aliphatic heterocycles. The van der Waals surface area contributed by atoms with E-state index in [1.165, 1.54) is 22.3 Å². The van der Waals surface area contributed by atoms with Crippen molar-refractivity contribution in [2.45, 2.75) is 53.1 Å². The summed E-state index contributed by atoms with van der Waals surface area (Å²) < 4.78 is 0. The highest BCUT2D eigenvalue weighted by molar-refractivity contribution is 5.81. The molecule has 0 aliphatic rings. The Bertz CT molecular complexity index is 403. The van der Waals surface area contributed by atoms with Gasteiger partial charge in [-0.3, -0.25) is 4.79 Å². The Kier molecular flexibility index (Phi) is 5.35. The first-order valence-electron chi connectivity index (χ1n) is 6.55. The zero-order valence-electron chi connectivity index (χ0n) is 11.8. The Balaban J connectivity index is 2.67. The fraction of sp³-hybridized carbons (Fsp3) is 0.533. The zero-order valence-corrected chi connectivity index (χ0v) is 11.8. The SMILES string of the molecule is CCCC(N)C(=O)NCc1c(C)cc(C)cc1C. The van der Waals surface area contributed by atoms with Crippen LogP contribution in [0.15, 0.2) is 12.1 Å². The van der Waals surface area contributed by atoms with Gasteiger partial charge in [0.1, 0.15) is 0 Å². The second-order valence-electron chi connectivity index (χ2n) is 4.99. The van der Waals surface area contributed by atoms with Crippen LogP contribution in [0, 0.1) is 20.8 Å². The Hall–Kier alpha value is -1.35. The van der Waals surface area contributed by atoms with Gasteiger partial charge in [0.05, 0.1) is 6.04 Å². The van der Waals surface area contributed by atoms with Gasteiger partial charge in [-0.15, -0.1) is 0 Å². The third-order valence-electron chi connectivity index (χ3n) is 3.22. The van der Waals surface area contributed by atoms with Crippen LogP contribution in [0.3, 0.4) is 0 Å². The van der Waals surface area contributed by atoms with Gasteiger partial charge in [0.15, 0.2) is 0 Å². The summed E-state index contributed by atoms with van der Waals surface area (Å²) >= 11 is 0. The molecule has 3 N–H and O–H groups in total. The lowest BCUT2D eigenvalue weighted by Crippen LogP contribution is -2.40. The molecule has 0 aromatic heterocycles. The summed E-state index contributed by atoms with van der Waals surface area (Å²) in [6.07, 6.45) is 1.66. The average Bonchev–Trinajstić information content (AvgIpc) is 2.27. The second-order valence-corrected chi connectivity index (χ2v) is 4.99. The van der Waals surface area contributed by atoms with Gasteiger partial charge >= 0.3 is 0 Å². The maximum atomic E-state index is 11.8. The van der Waals surface area contributed by atoms with Crippen molar-refractivity contribution in [3.05, 3.63) is 34.4 Å². The molecule has 1 aromatic carbocycles. The van der Waals surface area contributed by atoms with Gasteiger partial charge in [0, 0.05) is 6.54 Å². The van der Waals surface area contributed by atoms with Crippen LogP contribution in [0.5, 0.6) is 0 Å². The van der Waals surface area contributed by atoms with E-state index < -0.39 is 0 Å². The monoisotopic (exact) mass is 248 g/mol. The Morgan fingerprint density at radius 2 is 1.83 bits per heavy atom. The van der Waals surface area contributed by atoms with Crippen LogP contribution < -0.4 is 11.1 Å². The van der Waals surface area contributed by atoms with Gasteiger partial charge in [-0.05, 0) is 43.9 Å². The predicted molar refractivity (Wildman–Crippen MR) is 75.4 cm³/mol. The maximum absolute atomic E-state index is 11.8. The molecule has 1 amide bonds. The summed E-state index contributed by atoms with van der Waals surface area (Å²) in [6, 6.07) is 3.89. The van der Waals surface area contributed by atoms with Gasteiger partial charge in [0.25, 0.3) is 0 Å². The molecule has 0 fully saturated rings. The summed E-state index contributed by atoms with van der Waals surface area (Å²) in [4.78, 5) is 11.8. The number of nitrogens with two attached hydrogens (primary N) is 1. The molecule has 0 aliphatic carbocycles. The van der Waals surface area contributed by atoms with Crippen molar-refractivity contribution in [1.82, 2.24) is 5.32 Å². The molecule has 0 spiro atoms. The molecule has 100 valence electrons. The first kappa shape index (κ1) is 14.7. The highest BCUT2D eigenvalue weighted by Crippen LogP contribution is 2.16. The number of carbonyl (C=O) groups excluding carboxylic acids is 1. The van der Waals surface area contributed by atoms with Gasteiger partial charge in [0.2, 0.25) is 5.91 Å². The summed E-state index contributed by atoms with van der Waals surface area (Å²) in [5.74, 6) is -0.0591. The van der Waals surface area contributed by atoms with E-state index in [1.54, 1.807) is 0 Å². The number of aryl methyl sites for hydroxylation is 3. The number of hydrogen-bond acceptors (Lipinski definition) is 2. The largest absolute Gasteiger partial charge is 0.351 e. The molecule has 0 bridgehead atoms. The minimum Gasteiger partial charge on any atom is -0.351 e. The first-order valence-corrected chi connectivity index (χ1v) is 6.55. The van der Waals surface area contributed by atoms with E-state index in [1.807, 2.05) is 6.92 Å². The Labute approximate surface area is 110 Å². The van der Waals surface area contributed by atoms with Gasteiger partial charge in [-0.2, -0.15) is 0 Å². The first-order chi connectivity index (χ1) is 8.45. The highest BCUT2D eigenvalue weighted by Gasteiger charge is 2.12. The molecule has 1 unspecified atom stereocenters. The van der Waals surface area contributed by atoms with Crippen molar-refractivity contribution in [3.8, 4) is 0 Å². The number of hydrogen-bond donors (Lipinski definition) is 2. The second kappa shape index (κ2) is 6.55. The van der Waals surface area contributed by atoms with Gasteiger partial charge in [-0.25, -0.2) is 0 Å². The third kappa shape index (κ3) is 3.84. The standard InChI is InChI=1S/C15H24N2O/c1-5-6-14(16)15(18)17-9-13-11(3)7-10(2)8-12(13)4/h7-8,14H,5-6,9,16H2,1-4H3,(H,17,18). The van der Waals surface area contributed by atoms with E-state index >= 15 is 0 Å². The summed E-state index contributed by atoms with van der Waals surface area (Å²) in [7, 11) is 0. The Morgan fingerprint density at radius 1 is 1.28 bits per heavy atom. The molecular formula is C15H24N2O. The number of rotatable bonds is 5. The fourth-order valence-corrected chi connectivity index (χ4v) is 2.24. The summed E-state index contributed by atoms with van der Waals surface area (Å²) in [5, 5.41) is 2.92. The molecule has 1 aromatic rings. The van der Waals surface area contributed by atoms with Crippen molar-refractivity contribution in [3.63, 3.8) is 0 Å². The van der Waals surface area contributed by atoms with Crippen LogP contribution in [-0.2, 0) is 11.3 Å². The van der Waals surface area contributed by atoms with Crippen LogP contribution in [-0.4, -0.2) is 11.9 Å². The summed E-state index contributed by atoms with van der Waals surface area (Å²) in [6.45, 7) is 8.83. The zero-order chi connectivity index (χ0) is 13.7. The predicted octanol–water partition coefficient (Wildman–Crippen LogP) is 2.36. The third-order valence-corrected chi connectivity index (χ3v) is 3.22.